The molecule has 1 radical (unpaired) electrons. The lowest BCUT2D eigenvalue weighted by atomic mass is 10.2. The Hall–Kier alpha value is -1.82. The summed E-state index contributed by atoms with van der Waals surface area (Å²) in [5.74, 6) is 3.77. The SMILES string of the molecule is [C]#Cc1ccc(OC)c(OC)c1OC. The highest BCUT2D eigenvalue weighted by Gasteiger charge is 2.13. The molecule has 3 heteroatoms. The lowest BCUT2D eigenvalue weighted by Crippen LogP contribution is -1.96. The van der Waals surface area contributed by atoms with Gasteiger partial charge in [-0.05, 0) is 24.5 Å². The Morgan fingerprint density at radius 1 is 1.00 bits per heavy atom. The van der Waals surface area contributed by atoms with Crippen molar-refractivity contribution in [3.63, 3.8) is 0 Å². The number of ether oxygens (including phenoxy) is 3. The van der Waals surface area contributed by atoms with E-state index >= 15 is 0 Å². The number of methoxy groups -OCH3 is 3. The Kier molecular flexibility index (Phi) is 3.24. The van der Waals surface area contributed by atoms with Gasteiger partial charge < -0.3 is 14.2 Å². The summed E-state index contributed by atoms with van der Waals surface area (Å²) in [6, 6.07) is 3.39. The van der Waals surface area contributed by atoms with E-state index < -0.39 is 0 Å². The summed E-state index contributed by atoms with van der Waals surface area (Å²) < 4.78 is 15.3. The lowest BCUT2D eigenvalue weighted by molar-refractivity contribution is 0.324. The smallest absolute Gasteiger partial charge is 0.204 e. The second-order valence-electron chi connectivity index (χ2n) is 2.51. The highest BCUT2D eigenvalue weighted by atomic mass is 16.5. The fraction of sp³-hybridized carbons (Fsp3) is 0.273. The van der Waals surface area contributed by atoms with Crippen molar-refractivity contribution in [3.8, 4) is 23.2 Å². The van der Waals surface area contributed by atoms with Crippen LogP contribution in [0.3, 0.4) is 0 Å². The lowest BCUT2D eigenvalue weighted by Gasteiger charge is -2.12. The van der Waals surface area contributed by atoms with Crippen molar-refractivity contribution in [2.45, 2.75) is 0 Å². The van der Waals surface area contributed by atoms with E-state index in [9.17, 15) is 0 Å². The van der Waals surface area contributed by atoms with Gasteiger partial charge in [0.25, 0.3) is 0 Å². The topological polar surface area (TPSA) is 27.7 Å². The van der Waals surface area contributed by atoms with E-state index in [4.69, 9.17) is 20.6 Å². The van der Waals surface area contributed by atoms with Crippen LogP contribution in [0.2, 0.25) is 0 Å². The first-order valence-corrected chi connectivity index (χ1v) is 4.00. The van der Waals surface area contributed by atoms with Gasteiger partial charge in [0.2, 0.25) is 5.75 Å². The van der Waals surface area contributed by atoms with Crippen LogP contribution in [0.4, 0.5) is 0 Å². The summed E-state index contributed by atoms with van der Waals surface area (Å²) in [7, 11) is 4.58. The van der Waals surface area contributed by atoms with E-state index in [1.807, 2.05) is 0 Å². The van der Waals surface area contributed by atoms with Crippen LogP contribution in [0.25, 0.3) is 0 Å². The predicted molar refractivity (Wildman–Crippen MR) is 52.3 cm³/mol. The van der Waals surface area contributed by atoms with Crippen molar-refractivity contribution in [2.24, 2.45) is 0 Å². The van der Waals surface area contributed by atoms with Gasteiger partial charge in [-0.3, -0.25) is 0 Å². The summed E-state index contributed by atoms with van der Waals surface area (Å²) in [5, 5.41) is 0. The summed E-state index contributed by atoms with van der Waals surface area (Å²) in [5.41, 5.74) is 0.533. The van der Waals surface area contributed by atoms with Crippen LogP contribution in [0.1, 0.15) is 5.56 Å². The van der Waals surface area contributed by atoms with Gasteiger partial charge in [-0.2, -0.15) is 0 Å². The largest absolute Gasteiger partial charge is 0.493 e. The maximum absolute atomic E-state index is 7.06. The molecular weight excluding hydrogens is 180 g/mol. The third-order valence-corrected chi connectivity index (χ3v) is 1.84. The van der Waals surface area contributed by atoms with Crippen LogP contribution < -0.4 is 14.2 Å². The van der Waals surface area contributed by atoms with Gasteiger partial charge in [0, 0.05) is 0 Å². The number of hydrogen-bond donors (Lipinski definition) is 0. The van der Waals surface area contributed by atoms with Crippen molar-refractivity contribution >= 4 is 0 Å². The fourth-order valence-electron chi connectivity index (χ4n) is 1.20. The summed E-state index contributed by atoms with van der Waals surface area (Å²) in [6.45, 7) is 0. The van der Waals surface area contributed by atoms with Crippen molar-refractivity contribution in [1.82, 2.24) is 0 Å². The standard InChI is InChI=1S/C11H11O3/c1-5-8-6-7-9(12-2)11(14-4)10(8)13-3/h6-7H,2-4H3. The molecule has 0 aliphatic heterocycles. The Bertz CT molecular complexity index is 364. The van der Waals surface area contributed by atoms with Crippen LogP contribution in [0.15, 0.2) is 12.1 Å². The molecular formula is C11H11O3. The molecule has 3 nitrogen and oxygen atoms in total. The third kappa shape index (κ3) is 1.60. The van der Waals surface area contributed by atoms with E-state index in [-0.39, 0.29) is 0 Å². The minimum absolute atomic E-state index is 0.460. The summed E-state index contributed by atoms with van der Waals surface area (Å²) >= 11 is 0. The van der Waals surface area contributed by atoms with Gasteiger partial charge in [-0.1, -0.05) is 0 Å². The van der Waals surface area contributed by atoms with Crippen LogP contribution in [-0.2, 0) is 0 Å². The monoisotopic (exact) mass is 191 g/mol. The van der Waals surface area contributed by atoms with E-state index in [2.05, 4.69) is 5.92 Å². The Balaban J connectivity index is 3.38. The zero-order valence-electron chi connectivity index (χ0n) is 8.38. The second kappa shape index (κ2) is 4.43. The first-order chi connectivity index (χ1) is 6.78. The van der Waals surface area contributed by atoms with Crippen molar-refractivity contribution in [2.75, 3.05) is 21.3 Å². The molecule has 0 aliphatic rings. The van der Waals surface area contributed by atoms with Crippen molar-refractivity contribution in [3.05, 3.63) is 24.1 Å². The average Bonchev–Trinajstić information content (AvgIpc) is 2.26. The van der Waals surface area contributed by atoms with Crippen molar-refractivity contribution < 1.29 is 14.2 Å². The number of hydrogen-bond acceptors (Lipinski definition) is 3. The predicted octanol–water partition coefficient (Wildman–Crippen LogP) is 1.65. The van der Waals surface area contributed by atoms with Gasteiger partial charge in [0.05, 0.1) is 26.9 Å². The Morgan fingerprint density at radius 2 is 1.64 bits per heavy atom. The average molecular weight is 191 g/mol. The maximum atomic E-state index is 7.06. The highest BCUT2D eigenvalue weighted by molar-refractivity contribution is 5.59. The molecule has 1 rings (SSSR count). The molecule has 0 unspecified atom stereocenters. The van der Waals surface area contributed by atoms with Gasteiger partial charge in [-0.25, -0.2) is 0 Å². The third-order valence-electron chi connectivity index (χ3n) is 1.84. The Labute approximate surface area is 83.6 Å². The molecule has 0 aliphatic carbocycles. The quantitative estimate of drug-likeness (QED) is 0.680. The first-order valence-electron chi connectivity index (χ1n) is 4.00. The van der Waals surface area contributed by atoms with Crippen molar-refractivity contribution in [1.29, 1.82) is 0 Å². The molecule has 0 saturated carbocycles. The maximum Gasteiger partial charge on any atom is 0.204 e. The first kappa shape index (κ1) is 10.3. The number of rotatable bonds is 3. The van der Waals surface area contributed by atoms with Crippen LogP contribution in [0.5, 0.6) is 17.2 Å². The molecule has 0 amide bonds. The minimum atomic E-state index is 0.460. The minimum Gasteiger partial charge on any atom is -0.493 e. The zero-order chi connectivity index (χ0) is 10.6. The van der Waals surface area contributed by atoms with Gasteiger partial charge in [0.15, 0.2) is 11.5 Å². The molecule has 0 saturated heterocycles. The van der Waals surface area contributed by atoms with Gasteiger partial charge in [0.1, 0.15) is 0 Å². The molecule has 0 atom stereocenters. The normalized spacial score (nSPS) is 9.00. The van der Waals surface area contributed by atoms with Gasteiger partial charge in [-0.15, -0.1) is 0 Å². The van der Waals surface area contributed by atoms with Crippen LogP contribution in [-0.4, -0.2) is 21.3 Å². The Morgan fingerprint density at radius 3 is 2.07 bits per heavy atom. The molecule has 73 valence electrons. The van der Waals surface area contributed by atoms with E-state index in [0.717, 1.165) is 0 Å². The van der Waals surface area contributed by atoms with Crippen LogP contribution in [0, 0.1) is 12.3 Å². The molecule has 0 aromatic heterocycles. The van der Waals surface area contributed by atoms with Crippen LogP contribution >= 0.6 is 0 Å². The summed E-state index contributed by atoms with van der Waals surface area (Å²) in [4.78, 5) is 0. The van der Waals surface area contributed by atoms with E-state index in [1.54, 1.807) is 19.2 Å². The molecule has 1 aromatic carbocycles. The van der Waals surface area contributed by atoms with E-state index in [1.165, 1.54) is 14.2 Å². The summed E-state index contributed by atoms with van der Waals surface area (Å²) in [6.07, 6.45) is 7.06. The fourth-order valence-corrected chi connectivity index (χ4v) is 1.20. The molecule has 0 heterocycles. The van der Waals surface area contributed by atoms with E-state index in [0.29, 0.717) is 22.8 Å². The molecule has 1 aromatic rings. The molecule has 0 N–H and O–H groups in total. The van der Waals surface area contributed by atoms with Gasteiger partial charge >= 0.3 is 0 Å². The molecule has 0 bridgehead atoms. The number of benzene rings is 1. The second-order valence-corrected chi connectivity index (χ2v) is 2.51. The highest BCUT2D eigenvalue weighted by Crippen LogP contribution is 2.39. The molecule has 14 heavy (non-hydrogen) atoms. The zero-order valence-corrected chi connectivity index (χ0v) is 8.38. The molecule has 0 fully saturated rings. The molecule has 0 spiro atoms.